The molecule has 0 aromatic rings. The Balaban J connectivity index is 2.34. The predicted molar refractivity (Wildman–Crippen MR) is 261 cm³/mol. The number of carbonyl (C=O) groups is 1. The van der Waals surface area contributed by atoms with Crippen LogP contribution < -0.4 is 5.32 Å². The van der Waals surface area contributed by atoms with E-state index in [0.717, 1.165) is 44.9 Å². The van der Waals surface area contributed by atoms with Gasteiger partial charge in [-0.3, -0.25) is 4.79 Å². The zero-order valence-electron chi connectivity index (χ0n) is 40.8. The molecule has 11 nitrogen and oxygen atoms in total. The van der Waals surface area contributed by atoms with Crippen LogP contribution >= 0.6 is 0 Å². The second kappa shape index (κ2) is 42.7. The summed E-state index contributed by atoms with van der Waals surface area (Å²) in [6.07, 6.45) is 39.4. The van der Waals surface area contributed by atoms with Gasteiger partial charge in [-0.15, -0.1) is 0 Å². The van der Waals surface area contributed by atoms with Gasteiger partial charge in [0.25, 0.3) is 0 Å². The fourth-order valence-electron chi connectivity index (χ4n) is 8.30. The number of hydrogen-bond acceptors (Lipinski definition) is 10. The lowest BCUT2D eigenvalue weighted by Crippen LogP contribution is -2.60. The summed E-state index contributed by atoms with van der Waals surface area (Å²) in [6, 6.07) is -1.19. The topological polar surface area (TPSA) is 189 Å². The molecule has 0 aromatic heterocycles. The minimum atomic E-state index is -1.67. The minimum Gasteiger partial charge on any atom is -0.394 e. The summed E-state index contributed by atoms with van der Waals surface area (Å²) >= 11 is 0. The lowest BCUT2D eigenvalue weighted by Gasteiger charge is -2.40. The third-order valence-corrected chi connectivity index (χ3v) is 12.7. The van der Waals surface area contributed by atoms with Gasteiger partial charge >= 0.3 is 0 Å². The maximum Gasteiger partial charge on any atom is 0.249 e. The van der Waals surface area contributed by atoms with E-state index in [0.29, 0.717) is 19.3 Å². The molecule has 9 atom stereocenters. The van der Waals surface area contributed by atoms with E-state index in [4.69, 9.17) is 9.47 Å². The van der Waals surface area contributed by atoms with Crippen molar-refractivity contribution < 1.29 is 50.0 Å². The monoisotopic (exact) mass is 910 g/mol. The normalized spacial score (nSPS) is 21.3. The number of amides is 1. The van der Waals surface area contributed by atoms with Crippen molar-refractivity contribution in [3.8, 4) is 0 Å². The van der Waals surface area contributed by atoms with Crippen LogP contribution in [0.5, 0.6) is 0 Å². The van der Waals surface area contributed by atoms with E-state index in [1.54, 1.807) is 0 Å². The highest BCUT2D eigenvalue weighted by atomic mass is 16.7. The number of carbonyl (C=O) groups excluding carboxylic acids is 1. The summed E-state index contributed by atoms with van der Waals surface area (Å²) < 4.78 is 11.1. The highest BCUT2D eigenvalue weighted by molar-refractivity contribution is 5.80. The van der Waals surface area contributed by atoms with Gasteiger partial charge in [-0.05, 0) is 64.2 Å². The molecule has 1 fully saturated rings. The molecule has 0 saturated carbocycles. The average Bonchev–Trinajstić information content (AvgIpc) is 3.29. The van der Waals surface area contributed by atoms with Gasteiger partial charge in [0, 0.05) is 0 Å². The second-order valence-electron chi connectivity index (χ2n) is 18.6. The molecule has 64 heavy (non-hydrogen) atoms. The minimum absolute atomic E-state index is 0.242. The smallest absolute Gasteiger partial charge is 0.249 e. The zero-order chi connectivity index (χ0) is 46.9. The first-order valence-corrected chi connectivity index (χ1v) is 26.4. The van der Waals surface area contributed by atoms with Gasteiger partial charge < -0.3 is 50.5 Å². The fourth-order valence-corrected chi connectivity index (χ4v) is 8.30. The molecule has 1 rings (SSSR count). The fraction of sp³-hybridized carbons (Fsp3) is 0.868. The summed E-state index contributed by atoms with van der Waals surface area (Å²) in [7, 11) is 0. The third-order valence-electron chi connectivity index (χ3n) is 12.7. The molecular weight excluding hydrogens is 811 g/mol. The molecule has 1 aliphatic heterocycles. The van der Waals surface area contributed by atoms with E-state index in [9.17, 15) is 40.5 Å². The van der Waals surface area contributed by atoms with Crippen molar-refractivity contribution in [2.45, 2.75) is 281 Å². The van der Waals surface area contributed by atoms with Gasteiger partial charge in [-0.25, -0.2) is 0 Å². The first kappa shape index (κ1) is 60.3. The molecule has 9 unspecified atom stereocenters. The van der Waals surface area contributed by atoms with Gasteiger partial charge in [0.1, 0.15) is 36.6 Å². The number of nitrogens with one attached hydrogen (secondary N) is 1. The SMILES string of the molecule is CCCCCCCCCCCCCCCC/C=C/CC/C=C/CC/C=C/CCCC(O)C(O)C(COC1OC(CO)C(O)C(O)C1O)NC(=O)C(O)CCCCCCCCCCCC. The maximum absolute atomic E-state index is 13.1. The van der Waals surface area contributed by atoms with Crippen LogP contribution in [0, 0.1) is 0 Å². The molecule has 0 aliphatic carbocycles. The van der Waals surface area contributed by atoms with Crippen molar-refractivity contribution in [1.82, 2.24) is 5.32 Å². The van der Waals surface area contributed by atoms with E-state index in [-0.39, 0.29) is 12.8 Å². The molecule has 1 saturated heterocycles. The summed E-state index contributed by atoms with van der Waals surface area (Å²) in [6.45, 7) is 3.41. The van der Waals surface area contributed by atoms with Crippen LogP contribution in [0.15, 0.2) is 36.5 Å². The average molecular weight is 910 g/mol. The Morgan fingerprint density at radius 2 is 0.938 bits per heavy atom. The van der Waals surface area contributed by atoms with E-state index in [2.05, 4.69) is 55.6 Å². The number of rotatable bonds is 44. The lowest BCUT2D eigenvalue weighted by atomic mass is 9.98. The Kier molecular flexibility index (Phi) is 40.2. The van der Waals surface area contributed by atoms with Crippen molar-refractivity contribution in [2.75, 3.05) is 13.2 Å². The van der Waals surface area contributed by atoms with Crippen LogP contribution in [0.2, 0.25) is 0 Å². The summed E-state index contributed by atoms with van der Waals surface area (Å²) in [5.74, 6) is -0.714. The number of allylic oxidation sites excluding steroid dienone is 6. The molecular formula is C53H99NO10. The molecule has 0 aromatic carbocycles. The molecule has 1 heterocycles. The zero-order valence-corrected chi connectivity index (χ0v) is 40.8. The first-order valence-electron chi connectivity index (χ1n) is 26.4. The summed E-state index contributed by atoms with van der Waals surface area (Å²) in [5.41, 5.74) is 0. The molecule has 11 heteroatoms. The maximum atomic E-state index is 13.1. The van der Waals surface area contributed by atoms with E-state index in [1.807, 2.05) is 0 Å². The van der Waals surface area contributed by atoms with Gasteiger partial charge in [0.05, 0.1) is 25.4 Å². The predicted octanol–water partition coefficient (Wildman–Crippen LogP) is 9.95. The number of ether oxygens (including phenoxy) is 2. The molecule has 376 valence electrons. The Labute approximate surface area is 390 Å². The van der Waals surface area contributed by atoms with E-state index >= 15 is 0 Å². The van der Waals surface area contributed by atoms with Crippen molar-refractivity contribution >= 4 is 5.91 Å². The Morgan fingerprint density at radius 1 is 0.531 bits per heavy atom. The standard InChI is InChI=1S/C53H99NO10/c1-3-5-7-9-11-13-15-16-17-18-19-20-21-22-23-24-25-26-27-28-29-30-31-33-34-36-38-40-45(56)48(58)44(43-63-53-51(61)50(60)49(59)47(42-55)64-53)54-52(62)46(57)41-39-37-35-32-14-12-10-8-6-4-2/h24-25,28-29,33-34,44-51,53,55-61H,3-23,26-27,30-32,35-43H2,1-2H3,(H,54,62)/b25-24+,29-28+,34-33+. The number of aliphatic hydroxyl groups excluding tert-OH is 7. The Morgan fingerprint density at radius 3 is 1.39 bits per heavy atom. The summed E-state index contributed by atoms with van der Waals surface area (Å²) in [5, 5.41) is 75.7. The number of hydrogen-bond donors (Lipinski definition) is 8. The van der Waals surface area contributed by atoms with Gasteiger partial charge in [-0.1, -0.05) is 198 Å². The van der Waals surface area contributed by atoms with Crippen molar-refractivity contribution in [3.05, 3.63) is 36.5 Å². The van der Waals surface area contributed by atoms with E-state index < -0.39 is 74.2 Å². The summed E-state index contributed by atoms with van der Waals surface area (Å²) in [4.78, 5) is 13.1. The van der Waals surface area contributed by atoms with Crippen LogP contribution in [-0.2, 0) is 14.3 Å². The lowest BCUT2D eigenvalue weighted by molar-refractivity contribution is -0.303. The molecule has 0 spiro atoms. The van der Waals surface area contributed by atoms with Crippen LogP contribution in [0.3, 0.4) is 0 Å². The van der Waals surface area contributed by atoms with E-state index in [1.165, 1.54) is 135 Å². The van der Waals surface area contributed by atoms with Crippen LogP contribution in [0.25, 0.3) is 0 Å². The van der Waals surface area contributed by atoms with Gasteiger partial charge in [-0.2, -0.15) is 0 Å². The highest BCUT2D eigenvalue weighted by Gasteiger charge is 2.44. The van der Waals surface area contributed by atoms with Crippen LogP contribution in [0.4, 0.5) is 0 Å². The Bertz CT molecular complexity index is 1130. The Hall–Kier alpha value is -1.67. The highest BCUT2D eigenvalue weighted by Crippen LogP contribution is 2.23. The quantitative estimate of drug-likeness (QED) is 0.0216. The third kappa shape index (κ3) is 31.3. The first-order chi connectivity index (χ1) is 31.2. The molecule has 1 amide bonds. The molecule has 0 bridgehead atoms. The largest absolute Gasteiger partial charge is 0.394 e. The number of unbranched alkanes of at least 4 members (excludes halogenated alkanes) is 26. The van der Waals surface area contributed by atoms with Crippen LogP contribution in [-0.4, -0.2) is 110 Å². The van der Waals surface area contributed by atoms with Gasteiger partial charge in [0.2, 0.25) is 5.91 Å². The molecule has 8 N–H and O–H groups in total. The second-order valence-corrected chi connectivity index (χ2v) is 18.6. The van der Waals surface area contributed by atoms with Crippen molar-refractivity contribution in [2.24, 2.45) is 0 Å². The van der Waals surface area contributed by atoms with Crippen molar-refractivity contribution in [1.29, 1.82) is 0 Å². The molecule has 0 radical (unpaired) electrons. The number of aliphatic hydroxyl groups is 7. The molecule has 1 aliphatic rings. The van der Waals surface area contributed by atoms with Crippen LogP contribution in [0.1, 0.15) is 226 Å². The van der Waals surface area contributed by atoms with Crippen molar-refractivity contribution in [3.63, 3.8) is 0 Å². The van der Waals surface area contributed by atoms with Gasteiger partial charge in [0.15, 0.2) is 6.29 Å².